The quantitative estimate of drug-likeness (QED) is 0.640. The van der Waals surface area contributed by atoms with Gasteiger partial charge in [-0.1, -0.05) is 65.7 Å². The fraction of sp³-hybridized carbons (Fsp3) is 0.182. The second-order valence-electron chi connectivity index (χ2n) is 6.49. The van der Waals surface area contributed by atoms with Crippen molar-refractivity contribution in [3.05, 3.63) is 95.6 Å². The van der Waals surface area contributed by atoms with Crippen molar-refractivity contribution in [3.63, 3.8) is 0 Å². The van der Waals surface area contributed by atoms with Crippen LogP contribution in [-0.2, 0) is 21.8 Å². The average Bonchev–Trinajstić information content (AvgIpc) is 2.69. The summed E-state index contributed by atoms with van der Waals surface area (Å²) in [5, 5.41) is 0. The summed E-state index contributed by atoms with van der Waals surface area (Å²) in [4.78, 5) is 1.49. The maximum atomic E-state index is 12.9. The van der Waals surface area contributed by atoms with Gasteiger partial charge in [-0.2, -0.15) is 0 Å². The molecular formula is C22H23NO2S2. The fourth-order valence-electron chi connectivity index (χ4n) is 2.68. The lowest BCUT2D eigenvalue weighted by molar-refractivity contribution is 0.645. The molecule has 0 aromatic heterocycles. The molecule has 1 N–H and O–H groups in total. The van der Waals surface area contributed by atoms with E-state index < -0.39 is 21.8 Å². The van der Waals surface area contributed by atoms with Gasteiger partial charge in [0.25, 0.3) is 0 Å². The lowest BCUT2D eigenvalue weighted by Crippen LogP contribution is -2.28. The molecule has 140 valence electrons. The molecule has 0 saturated carbocycles. The second kappa shape index (κ2) is 9.22. The first-order valence-corrected chi connectivity index (χ1v) is 11.2. The minimum atomic E-state index is -1.38. The van der Waals surface area contributed by atoms with Gasteiger partial charge in [0.05, 0.1) is 21.7 Å². The number of hydrogen-bond donors (Lipinski definition) is 1. The Bertz CT molecular complexity index is 863. The predicted octanol–water partition coefficient (Wildman–Crippen LogP) is 4.46. The Balaban J connectivity index is 1.81. The van der Waals surface area contributed by atoms with Crippen LogP contribution in [0.2, 0.25) is 0 Å². The van der Waals surface area contributed by atoms with Crippen LogP contribution in [0, 0.1) is 13.8 Å². The normalized spacial score (nSPS) is 14.4. The predicted molar refractivity (Wildman–Crippen MR) is 112 cm³/mol. The molecule has 5 heteroatoms. The van der Waals surface area contributed by atoms with Crippen LogP contribution in [-0.4, -0.2) is 14.2 Å². The first-order valence-electron chi connectivity index (χ1n) is 8.77. The molecule has 3 atom stereocenters. The summed E-state index contributed by atoms with van der Waals surface area (Å²) in [6, 6.07) is 24.8. The van der Waals surface area contributed by atoms with Gasteiger partial charge < -0.3 is 0 Å². The second-order valence-corrected chi connectivity index (χ2v) is 9.23. The van der Waals surface area contributed by atoms with Gasteiger partial charge in [0.15, 0.2) is 0 Å². The van der Waals surface area contributed by atoms with Crippen molar-refractivity contribution < 1.29 is 8.42 Å². The molecule has 3 nitrogen and oxygen atoms in total. The number of nitrogens with one attached hydrogen (secondary N) is 1. The van der Waals surface area contributed by atoms with Crippen molar-refractivity contribution in [1.29, 1.82) is 0 Å². The highest BCUT2D eigenvalue weighted by Crippen LogP contribution is 2.20. The number of rotatable bonds is 7. The maximum Gasteiger partial charge on any atom is 0.125 e. The van der Waals surface area contributed by atoms with Crippen molar-refractivity contribution in [2.24, 2.45) is 0 Å². The zero-order valence-electron chi connectivity index (χ0n) is 15.4. The van der Waals surface area contributed by atoms with Crippen LogP contribution in [0.15, 0.2) is 88.7 Å². The zero-order valence-corrected chi connectivity index (χ0v) is 17.1. The minimum absolute atomic E-state index is 0.282. The van der Waals surface area contributed by atoms with E-state index in [1.54, 1.807) is 0 Å². The summed E-state index contributed by atoms with van der Waals surface area (Å²) < 4.78 is 28.8. The number of hydrogen-bond acceptors (Lipinski definition) is 2. The van der Waals surface area contributed by atoms with E-state index in [-0.39, 0.29) is 6.04 Å². The van der Waals surface area contributed by atoms with Gasteiger partial charge in [-0.15, -0.1) is 0 Å². The van der Waals surface area contributed by atoms with E-state index in [9.17, 15) is 8.42 Å². The molecule has 0 spiro atoms. The Morgan fingerprint density at radius 3 is 1.81 bits per heavy atom. The largest absolute Gasteiger partial charge is 0.254 e. The molecule has 27 heavy (non-hydrogen) atoms. The van der Waals surface area contributed by atoms with Crippen molar-refractivity contribution in [2.75, 3.05) is 5.75 Å². The molecule has 0 saturated heterocycles. The van der Waals surface area contributed by atoms with Gasteiger partial charge in [0.2, 0.25) is 0 Å². The summed E-state index contributed by atoms with van der Waals surface area (Å²) in [6.07, 6.45) is 0. The molecule has 0 radical (unpaired) electrons. The van der Waals surface area contributed by atoms with E-state index in [2.05, 4.69) is 4.72 Å². The molecule has 0 heterocycles. The van der Waals surface area contributed by atoms with Gasteiger partial charge >= 0.3 is 0 Å². The molecule has 0 fully saturated rings. The topological polar surface area (TPSA) is 46.2 Å². The number of aryl methyl sites for hydroxylation is 2. The van der Waals surface area contributed by atoms with Crippen molar-refractivity contribution in [3.8, 4) is 0 Å². The van der Waals surface area contributed by atoms with Crippen molar-refractivity contribution in [1.82, 2.24) is 4.72 Å². The molecule has 3 rings (SSSR count). The van der Waals surface area contributed by atoms with Crippen LogP contribution in [0.5, 0.6) is 0 Å². The third kappa shape index (κ3) is 5.45. The fourth-order valence-corrected chi connectivity index (χ4v) is 4.99. The Kier molecular flexibility index (Phi) is 6.72. The summed E-state index contributed by atoms with van der Waals surface area (Å²) >= 11 is 0. The molecule has 0 amide bonds. The van der Waals surface area contributed by atoms with Crippen LogP contribution in [0.1, 0.15) is 22.7 Å². The van der Waals surface area contributed by atoms with Crippen molar-refractivity contribution >= 4 is 21.8 Å². The third-order valence-electron chi connectivity index (χ3n) is 4.29. The van der Waals surface area contributed by atoms with Gasteiger partial charge in [-0.3, -0.25) is 4.21 Å². The molecule has 0 bridgehead atoms. The van der Waals surface area contributed by atoms with Gasteiger partial charge in [0, 0.05) is 10.6 Å². The summed E-state index contributed by atoms with van der Waals surface area (Å²) in [5.74, 6) is 0.352. The molecule has 0 unspecified atom stereocenters. The Morgan fingerprint density at radius 1 is 0.741 bits per heavy atom. The molecule has 0 aliphatic rings. The van der Waals surface area contributed by atoms with Crippen LogP contribution < -0.4 is 4.72 Å². The maximum absolute atomic E-state index is 12.9. The monoisotopic (exact) mass is 397 g/mol. The zero-order chi connectivity index (χ0) is 19.2. The average molecular weight is 398 g/mol. The van der Waals surface area contributed by atoms with Crippen LogP contribution in [0.4, 0.5) is 0 Å². The van der Waals surface area contributed by atoms with E-state index in [0.717, 1.165) is 21.6 Å². The van der Waals surface area contributed by atoms with Crippen LogP contribution in [0.3, 0.4) is 0 Å². The van der Waals surface area contributed by atoms with Crippen molar-refractivity contribution in [2.45, 2.75) is 29.7 Å². The van der Waals surface area contributed by atoms with Crippen LogP contribution in [0.25, 0.3) is 0 Å². The lowest BCUT2D eigenvalue weighted by atomic mass is 10.1. The molecule has 0 aliphatic carbocycles. The van der Waals surface area contributed by atoms with Gasteiger partial charge in [0.1, 0.15) is 11.0 Å². The lowest BCUT2D eigenvalue weighted by Gasteiger charge is -2.18. The van der Waals surface area contributed by atoms with Gasteiger partial charge in [-0.05, 0) is 43.7 Å². The van der Waals surface area contributed by atoms with Crippen LogP contribution >= 0.6 is 0 Å². The molecule has 0 aliphatic heterocycles. The molecule has 3 aromatic rings. The van der Waals surface area contributed by atoms with E-state index in [1.165, 1.54) is 0 Å². The Labute approximate surface area is 165 Å². The summed E-state index contributed by atoms with van der Waals surface area (Å²) in [5.41, 5.74) is 3.23. The first kappa shape index (κ1) is 19.7. The van der Waals surface area contributed by atoms with E-state index in [0.29, 0.717) is 10.6 Å². The van der Waals surface area contributed by atoms with E-state index >= 15 is 0 Å². The van der Waals surface area contributed by atoms with E-state index in [1.807, 2.05) is 92.7 Å². The highest BCUT2D eigenvalue weighted by Gasteiger charge is 2.19. The highest BCUT2D eigenvalue weighted by molar-refractivity contribution is 7.85. The molecular weight excluding hydrogens is 374 g/mol. The third-order valence-corrected chi connectivity index (χ3v) is 6.92. The highest BCUT2D eigenvalue weighted by atomic mass is 32.2. The van der Waals surface area contributed by atoms with E-state index in [4.69, 9.17) is 0 Å². The summed E-state index contributed by atoms with van der Waals surface area (Å²) in [7, 11) is -2.58. The summed E-state index contributed by atoms with van der Waals surface area (Å²) in [6.45, 7) is 4.00. The SMILES string of the molecule is Cc1ccc([S@](=O)C[C@H](N[S@@](=O)c2ccc(C)cc2)c2ccccc2)cc1. The Hall–Kier alpha value is -2.08. The van der Waals surface area contributed by atoms with Gasteiger partial charge in [-0.25, -0.2) is 8.93 Å². The standard InChI is InChI=1S/C22H23NO2S2/c1-17-8-12-20(13-9-17)26(24)16-22(19-6-4-3-5-7-19)23-27(25)21-14-10-18(2)11-15-21/h3-15,22-23H,16H2,1-2H3/t22-,26+,27-/m0/s1. The number of benzene rings is 3. The minimum Gasteiger partial charge on any atom is -0.254 e. The molecule has 3 aromatic carbocycles. The first-order chi connectivity index (χ1) is 13.0. The Morgan fingerprint density at radius 2 is 1.26 bits per heavy atom. The smallest absolute Gasteiger partial charge is 0.125 e.